The fourth-order valence-corrected chi connectivity index (χ4v) is 2.02. The van der Waals surface area contributed by atoms with Crippen molar-refractivity contribution in [2.75, 3.05) is 6.61 Å². The molecule has 1 rings (SSSR count). The summed E-state index contributed by atoms with van der Waals surface area (Å²) in [5.41, 5.74) is 0.290. The predicted molar refractivity (Wildman–Crippen MR) is 81.8 cm³/mol. The first-order chi connectivity index (χ1) is 11.2. The van der Waals surface area contributed by atoms with Crippen molar-refractivity contribution in [2.24, 2.45) is 0 Å². The maximum Gasteiger partial charge on any atom is 0.303 e. The molecule has 9 nitrogen and oxygen atoms in total. The van der Waals surface area contributed by atoms with Crippen LogP contribution in [0.2, 0.25) is 0 Å². The molecule has 0 heterocycles. The monoisotopic (exact) mass is 338 g/mol. The van der Waals surface area contributed by atoms with Crippen LogP contribution in [0.15, 0.2) is 24.3 Å². The smallest absolute Gasteiger partial charge is 0.303 e. The number of benzene rings is 1. The summed E-state index contributed by atoms with van der Waals surface area (Å²) in [6, 6.07) is 4.49. The van der Waals surface area contributed by atoms with Crippen LogP contribution in [0.1, 0.15) is 32.4 Å². The Morgan fingerprint density at radius 1 is 1.12 bits per heavy atom. The van der Waals surface area contributed by atoms with Crippen molar-refractivity contribution in [3.8, 4) is 0 Å². The van der Waals surface area contributed by atoms with E-state index < -0.39 is 34.9 Å². The highest BCUT2D eigenvalue weighted by Crippen LogP contribution is 2.24. The first kappa shape index (κ1) is 19.1. The van der Waals surface area contributed by atoms with E-state index in [4.69, 9.17) is 9.47 Å². The molecule has 1 amide bonds. The van der Waals surface area contributed by atoms with Crippen LogP contribution in [-0.2, 0) is 23.9 Å². The second-order valence-corrected chi connectivity index (χ2v) is 4.99. The van der Waals surface area contributed by atoms with E-state index in [1.54, 1.807) is 0 Å². The second-order valence-electron chi connectivity index (χ2n) is 4.99. The van der Waals surface area contributed by atoms with Gasteiger partial charge in [-0.15, -0.1) is 0 Å². The molecule has 0 radical (unpaired) electrons. The van der Waals surface area contributed by atoms with Crippen molar-refractivity contribution < 1.29 is 28.8 Å². The summed E-state index contributed by atoms with van der Waals surface area (Å²) in [6.45, 7) is 3.44. The molecule has 0 aliphatic rings. The number of hydrogen-bond donors (Lipinski definition) is 1. The number of esters is 2. The normalized spacial score (nSPS) is 12.6. The topological polar surface area (TPSA) is 125 Å². The van der Waals surface area contributed by atoms with Gasteiger partial charge in [-0.3, -0.25) is 24.5 Å². The fourth-order valence-electron chi connectivity index (χ4n) is 2.02. The highest BCUT2D eigenvalue weighted by molar-refractivity contribution is 5.73. The zero-order chi connectivity index (χ0) is 18.3. The summed E-state index contributed by atoms with van der Waals surface area (Å²) in [4.78, 5) is 43.9. The van der Waals surface area contributed by atoms with Crippen LogP contribution in [0.3, 0.4) is 0 Å². The van der Waals surface area contributed by atoms with E-state index in [9.17, 15) is 24.5 Å². The van der Waals surface area contributed by atoms with Gasteiger partial charge in [0.05, 0.1) is 4.92 Å². The molecule has 9 heteroatoms. The van der Waals surface area contributed by atoms with Crippen LogP contribution < -0.4 is 5.32 Å². The number of ether oxygens (including phenoxy) is 2. The van der Waals surface area contributed by atoms with E-state index >= 15 is 0 Å². The molecule has 24 heavy (non-hydrogen) atoms. The van der Waals surface area contributed by atoms with E-state index in [1.807, 2.05) is 0 Å². The Morgan fingerprint density at radius 2 is 1.71 bits per heavy atom. The minimum absolute atomic E-state index is 0.128. The number of non-ortho nitro benzene ring substituents is 1. The zero-order valence-electron chi connectivity index (χ0n) is 13.5. The summed E-state index contributed by atoms with van der Waals surface area (Å²) >= 11 is 0. The van der Waals surface area contributed by atoms with Crippen LogP contribution in [-0.4, -0.2) is 35.4 Å². The molecular formula is C15H18N2O7. The quantitative estimate of drug-likeness (QED) is 0.451. The van der Waals surface area contributed by atoms with Crippen LogP contribution in [0.5, 0.6) is 0 Å². The lowest BCUT2D eigenvalue weighted by Crippen LogP contribution is -2.43. The Kier molecular flexibility index (Phi) is 6.84. The standard InChI is InChI=1S/C15H18N2O7/c1-9(18)16-14(8-23-10(2)19)15(24-11(3)20)12-4-6-13(7-5-12)17(21)22/h4-7,14-15H,8H2,1-3H3,(H,16,18)/t14-,15-/m1/s1. The van der Waals surface area contributed by atoms with E-state index in [1.165, 1.54) is 45.0 Å². The first-order valence-corrected chi connectivity index (χ1v) is 7.02. The number of amides is 1. The minimum Gasteiger partial charge on any atom is -0.464 e. The summed E-state index contributed by atoms with van der Waals surface area (Å²) in [7, 11) is 0. The molecule has 0 aliphatic carbocycles. The highest BCUT2D eigenvalue weighted by Gasteiger charge is 2.28. The van der Waals surface area contributed by atoms with Gasteiger partial charge in [0, 0.05) is 32.9 Å². The maximum atomic E-state index is 11.4. The minimum atomic E-state index is -0.966. The molecule has 0 aromatic heterocycles. The largest absolute Gasteiger partial charge is 0.464 e. The SMILES string of the molecule is CC(=O)N[C@H](COC(C)=O)[C@H](OC(C)=O)c1ccc([N+](=O)[O-])cc1. The third kappa shape index (κ3) is 6.03. The van der Waals surface area contributed by atoms with Gasteiger partial charge in [-0.2, -0.15) is 0 Å². The Labute approximate surface area is 138 Å². The van der Waals surface area contributed by atoms with Gasteiger partial charge < -0.3 is 14.8 Å². The molecule has 0 saturated carbocycles. The number of nitro groups is 1. The Morgan fingerprint density at radius 3 is 2.12 bits per heavy atom. The predicted octanol–water partition coefficient (Wildman–Crippen LogP) is 1.27. The van der Waals surface area contributed by atoms with Crippen LogP contribution in [0, 0.1) is 10.1 Å². The molecule has 0 aliphatic heterocycles. The van der Waals surface area contributed by atoms with E-state index in [0.29, 0.717) is 5.56 Å². The van der Waals surface area contributed by atoms with Crippen LogP contribution in [0.4, 0.5) is 5.69 Å². The Balaban J connectivity index is 3.13. The number of carbonyl (C=O) groups is 3. The van der Waals surface area contributed by atoms with Crippen molar-refractivity contribution in [1.29, 1.82) is 0 Å². The van der Waals surface area contributed by atoms with Crippen molar-refractivity contribution in [2.45, 2.75) is 32.9 Å². The van der Waals surface area contributed by atoms with Gasteiger partial charge in [0.15, 0.2) is 6.10 Å². The molecule has 130 valence electrons. The molecule has 2 atom stereocenters. The van der Waals surface area contributed by atoms with Gasteiger partial charge in [-0.1, -0.05) is 0 Å². The summed E-state index contributed by atoms with van der Waals surface area (Å²) in [6.07, 6.45) is -0.966. The van der Waals surface area contributed by atoms with Gasteiger partial charge in [-0.05, 0) is 17.7 Å². The number of hydrogen-bond acceptors (Lipinski definition) is 7. The average Bonchev–Trinajstić information content (AvgIpc) is 2.48. The fraction of sp³-hybridized carbons (Fsp3) is 0.400. The lowest BCUT2D eigenvalue weighted by atomic mass is 10.0. The van der Waals surface area contributed by atoms with Gasteiger partial charge in [0.2, 0.25) is 5.91 Å². The van der Waals surface area contributed by atoms with E-state index in [0.717, 1.165) is 0 Å². The van der Waals surface area contributed by atoms with Crippen molar-refractivity contribution >= 4 is 23.5 Å². The summed E-state index contributed by atoms with van der Waals surface area (Å²) in [5.74, 6) is -1.58. The maximum absolute atomic E-state index is 11.4. The van der Waals surface area contributed by atoms with E-state index in [2.05, 4.69) is 5.32 Å². The van der Waals surface area contributed by atoms with E-state index in [-0.39, 0.29) is 12.3 Å². The lowest BCUT2D eigenvalue weighted by molar-refractivity contribution is -0.384. The lowest BCUT2D eigenvalue weighted by Gasteiger charge is -2.27. The molecule has 1 N–H and O–H groups in total. The van der Waals surface area contributed by atoms with Crippen LogP contribution >= 0.6 is 0 Å². The second kappa shape index (κ2) is 8.61. The molecule has 0 saturated heterocycles. The van der Waals surface area contributed by atoms with Gasteiger partial charge >= 0.3 is 11.9 Å². The number of nitrogens with zero attached hydrogens (tertiary/aromatic N) is 1. The molecule has 0 fully saturated rings. The van der Waals surface area contributed by atoms with Gasteiger partial charge in [0.25, 0.3) is 5.69 Å². The van der Waals surface area contributed by atoms with Gasteiger partial charge in [-0.25, -0.2) is 0 Å². The number of carbonyl (C=O) groups excluding carboxylic acids is 3. The van der Waals surface area contributed by atoms with Crippen molar-refractivity contribution in [1.82, 2.24) is 5.32 Å². The summed E-state index contributed by atoms with van der Waals surface area (Å²) < 4.78 is 10.1. The first-order valence-electron chi connectivity index (χ1n) is 7.02. The Hall–Kier alpha value is -2.97. The third-order valence-corrected chi connectivity index (χ3v) is 2.95. The van der Waals surface area contributed by atoms with Crippen LogP contribution in [0.25, 0.3) is 0 Å². The average molecular weight is 338 g/mol. The zero-order valence-corrected chi connectivity index (χ0v) is 13.5. The third-order valence-electron chi connectivity index (χ3n) is 2.95. The molecule has 1 aromatic carbocycles. The van der Waals surface area contributed by atoms with Gasteiger partial charge in [0.1, 0.15) is 12.6 Å². The number of rotatable bonds is 7. The van der Waals surface area contributed by atoms with Crippen molar-refractivity contribution in [3.63, 3.8) is 0 Å². The molecular weight excluding hydrogens is 320 g/mol. The molecule has 1 aromatic rings. The highest BCUT2D eigenvalue weighted by atomic mass is 16.6. The molecule has 0 unspecified atom stereocenters. The Bertz CT molecular complexity index is 627. The molecule has 0 spiro atoms. The number of nitro benzene ring substituents is 1. The molecule has 0 bridgehead atoms. The summed E-state index contributed by atoms with van der Waals surface area (Å²) in [5, 5.41) is 13.3. The number of nitrogens with one attached hydrogen (secondary N) is 1. The van der Waals surface area contributed by atoms with Crippen molar-refractivity contribution in [3.05, 3.63) is 39.9 Å².